The number of halogens is 3. The van der Waals surface area contributed by atoms with Crippen LogP contribution in [0, 0.1) is 0 Å². The quantitative estimate of drug-likeness (QED) is 0.725. The molecule has 1 amide bonds. The van der Waals surface area contributed by atoms with Gasteiger partial charge in [-0.25, -0.2) is 4.79 Å². The van der Waals surface area contributed by atoms with Crippen molar-refractivity contribution < 1.29 is 9.53 Å². The van der Waals surface area contributed by atoms with Gasteiger partial charge in [0.1, 0.15) is 5.60 Å². The van der Waals surface area contributed by atoms with E-state index in [1.54, 1.807) is 20.8 Å². The standard InChI is InChI=1S/C7H12Cl3NO2/c1-6(2,3)13-5(12)11-4-7(8,9)10/h4H2,1-3H3,(H,11,12). The Kier molecular flexibility index (Phi) is 4.63. The van der Waals surface area contributed by atoms with Crippen molar-refractivity contribution in [3.8, 4) is 0 Å². The van der Waals surface area contributed by atoms with Crippen LogP contribution in [0.1, 0.15) is 20.8 Å². The summed E-state index contributed by atoms with van der Waals surface area (Å²) >= 11 is 16.2. The first-order chi connectivity index (χ1) is 5.60. The van der Waals surface area contributed by atoms with Crippen molar-refractivity contribution in [2.24, 2.45) is 0 Å². The van der Waals surface area contributed by atoms with Crippen molar-refractivity contribution in [2.75, 3.05) is 6.54 Å². The summed E-state index contributed by atoms with van der Waals surface area (Å²) in [6.07, 6.45) is -0.598. The topological polar surface area (TPSA) is 38.3 Å². The minimum absolute atomic E-state index is 0.0768. The second kappa shape index (κ2) is 4.58. The van der Waals surface area contributed by atoms with Gasteiger partial charge in [0.05, 0.1) is 6.54 Å². The van der Waals surface area contributed by atoms with E-state index in [0.29, 0.717) is 0 Å². The molecular formula is C7H12Cl3NO2. The highest BCUT2D eigenvalue weighted by Crippen LogP contribution is 2.24. The highest BCUT2D eigenvalue weighted by Gasteiger charge is 2.22. The number of rotatable bonds is 1. The normalized spacial score (nSPS) is 12.5. The molecule has 0 aromatic carbocycles. The maximum absolute atomic E-state index is 11.0. The summed E-state index contributed by atoms with van der Waals surface area (Å²) in [5.74, 6) is 0. The summed E-state index contributed by atoms with van der Waals surface area (Å²) in [5.41, 5.74) is -0.544. The van der Waals surface area contributed by atoms with E-state index in [1.807, 2.05) is 0 Å². The van der Waals surface area contributed by atoms with Gasteiger partial charge in [-0.05, 0) is 20.8 Å². The van der Waals surface area contributed by atoms with E-state index in [-0.39, 0.29) is 6.54 Å². The van der Waals surface area contributed by atoms with Gasteiger partial charge in [0, 0.05) is 0 Å². The SMILES string of the molecule is CC(C)(C)OC(=O)NCC(Cl)(Cl)Cl. The number of hydrogen-bond acceptors (Lipinski definition) is 2. The van der Waals surface area contributed by atoms with E-state index < -0.39 is 15.5 Å². The van der Waals surface area contributed by atoms with Crippen LogP contribution in [0.5, 0.6) is 0 Å². The van der Waals surface area contributed by atoms with Crippen LogP contribution in [-0.4, -0.2) is 22.0 Å². The zero-order valence-corrected chi connectivity index (χ0v) is 9.93. The number of hydrogen-bond donors (Lipinski definition) is 1. The van der Waals surface area contributed by atoms with E-state index >= 15 is 0 Å². The molecule has 0 saturated carbocycles. The lowest BCUT2D eigenvalue weighted by Gasteiger charge is -2.20. The molecule has 0 rings (SSSR count). The van der Waals surface area contributed by atoms with E-state index in [9.17, 15) is 4.79 Å². The maximum atomic E-state index is 11.0. The van der Waals surface area contributed by atoms with Gasteiger partial charge in [0.25, 0.3) is 0 Å². The summed E-state index contributed by atoms with van der Waals surface area (Å²) in [5, 5.41) is 2.32. The fourth-order valence-electron chi connectivity index (χ4n) is 0.487. The summed E-state index contributed by atoms with van der Waals surface area (Å²) in [6.45, 7) is 5.18. The van der Waals surface area contributed by atoms with Gasteiger partial charge in [-0.2, -0.15) is 0 Å². The number of carbonyl (C=O) groups is 1. The lowest BCUT2D eigenvalue weighted by atomic mass is 10.2. The molecule has 6 heteroatoms. The Morgan fingerprint density at radius 3 is 2.08 bits per heavy atom. The number of carbonyl (C=O) groups excluding carboxylic acids is 1. The lowest BCUT2D eigenvalue weighted by molar-refractivity contribution is 0.0529. The molecule has 0 aliphatic carbocycles. The van der Waals surface area contributed by atoms with Gasteiger partial charge in [0.15, 0.2) is 0 Å². The largest absolute Gasteiger partial charge is 0.444 e. The lowest BCUT2D eigenvalue weighted by Crippen LogP contribution is -2.36. The van der Waals surface area contributed by atoms with E-state index in [1.165, 1.54) is 0 Å². The molecule has 0 heterocycles. The Labute approximate surface area is 92.7 Å². The van der Waals surface area contributed by atoms with E-state index in [0.717, 1.165) is 0 Å². The van der Waals surface area contributed by atoms with Crippen molar-refractivity contribution >= 4 is 40.9 Å². The van der Waals surface area contributed by atoms with Crippen LogP contribution >= 0.6 is 34.8 Å². The first-order valence-corrected chi connectivity index (χ1v) is 4.77. The third-order valence-electron chi connectivity index (χ3n) is 0.832. The average molecular weight is 249 g/mol. The predicted octanol–water partition coefficient (Wildman–Crippen LogP) is 2.88. The van der Waals surface area contributed by atoms with Crippen LogP contribution in [-0.2, 0) is 4.74 Å². The summed E-state index contributed by atoms with van der Waals surface area (Å²) < 4.78 is 3.42. The van der Waals surface area contributed by atoms with Gasteiger partial charge in [-0.1, -0.05) is 34.8 Å². The molecule has 78 valence electrons. The predicted molar refractivity (Wildman–Crippen MR) is 54.5 cm³/mol. The highest BCUT2D eigenvalue weighted by molar-refractivity contribution is 6.67. The molecule has 0 aromatic rings. The molecule has 0 unspecified atom stereocenters. The van der Waals surface area contributed by atoms with Crippen molar-refractivity contribution in [3.63, 3.8) is 0 Å². The minimum Gasteiger partial charge on any atom is -0.444 e. The van der Waals surface area contributed by atoms with Gasteiger partial charge >= 0.3 is 6.09 Å². The fraction of sp³-hybridized carbons (Fsp3) is 0.857. The molecule has 0 radical (unpaired) electrons. The van der Waals surface area contributed by atoms with Crippen molar-refractivity contribution in [1.29, 1.82) is 0 Å². The Bertz CT molecular complexity index is 183. The summed E-state index contributed by atoms with van der Waals surface area (Å²) in [6, 6.07) is 0. The number of nitrogens with one attached hydrogen (secondary N) is 1. The second-order valence-electron chi connectivity index (χ2n) is 3.47. The molecule has 0 aliphatic rings. The molecule has 0 atom stereocenters. The first kappa shape index (κ1) is 13.1. The van der Waals surface area contributed by atoms with Crippen LogP contribution in [0.2, 0.25) is 0 Å². The Morgan fingerprint density at radius 2 is 1.77 bits per heavy atom. The number of alkyl carbamates (subject to hydrolysis) is 1. The Morgan fingerprint density at radius 1 is 1.31 bits per heavy atom. The maximum Gasteiger partial charge on any atom is 0.407 e. The molecule has 1 N–H and O–H groups in total. The monoisotopic (exact) mass is 247 g/mol. The molecule has 0 aliphatic heterocycles. The van der Waals surface area contributed by atoms with Crippen LogP contribution in [0.4, 0.5) is 4.79 Å². The first-order valence-electron chi connectivity index (χ1n) is 3.64. The van der Waals surface area contributed by atoms with Crippen LogP contribution in [0.25, 0.3) is 0 Å². The summed E-state index contributed by atoms with van der Waals surface area (Å²) in [7, 11) is 0. The number of ether oxygens (including phenoxy) is 1. The van der Waals surface area contributed by atoms with Gasteiger partial charge in [-0.15, -0.1) is 0 Å². The zero-order valence-electron chi connectivity index (χ0n) is 7.66. The molecule has 0 bridgehead atoms. The van der Waals surface area contributed by atoms with Crippen molar-refractivity contribution in [2.45, 2.75) is 30.2 Å². The fourth-order valence-corrected chi connectivity index (χ4v) is 0.687. The third-order valence-corrected chi connectivity index (χ3v) is 1.23. The van der Waals surface area contributed by atoms with Crippen LogP contribution in [0.15, 0.2) is 0 Å². The summed E-state index contributed by atoms with van der Waals surface area (Å²) in [4.78, 5) is 11.0. The molecular weight excluding hydrogens is 236 g/mol. The zero-order chi connectivity index (χ0) is 10.7. The van der Waals surface area contributed by atoms with Gasteiger partial charge in [-0.3, -0.25) is 0 Å². The molecule has 0 aromatic heterocycles. The molecule has 13 heavy (non-hydrogen) atoms. The average Bonchev–Trinajstić information content (AvgIpc) is 1.78. The second-order valence-corrected chi connectivity index (χ2v) is 5.99. The van der Waals surface area contributed by atoms with Crippen molar-refractivity contribution in [3.05, 3.63) is 0 Å². The van der Waals surface area contributed by atoms with E-state index in [2.05, 4.69) is 5.32 Å². The molecule has 3 nitrogen and oxygen atoms in total. The van der Waals surface area contributed by atoms with Crippen LogP contribution < -0.4 is 5.32 Å². The van der Waals surface area contributed by atoms with Gasteiger partial charge in [0.2, 0.25) is 3.79 Å². The number of amides is 1. The van der Waals surface area contributed by atoms with Crippen LogP contribution in [0.3, 0.4) is 0 Å². The molecule has 0 saturated heterocycles. The smallest absolute Gasteiger partial charge is 0.407 e. The van der Waals surface area contributed by atoms with Gasteiger partial charge < -0.3 is 10.1 Å². The van der Waals surface area contributed by atoms with E-state index in [4.69, 9.17) is 39.5 Å². The Balaban J connectivity index is 3.78. The molecule has 0 fully saturated rings. The third kappa shape index (κ3) is 10.1. The van der Waals surface area contributed by atoms with Crippen molar-refractivity contribution in [1.82, 2.24) is 5.32 Å². The Hall–Kier alpha value is 0.140. The minimum atomic E-state index is -1.49. The number of alkyl halides is 3. The highest BCUT2D eigenvalue weighted by atomic mass is 35.6. The molecule has 0 spiro atoms.